The smallest absolute Gasteiger partial charge is 0.0890 e. The lowest BCUT2D eigenvalue weighted by Gasteiger charge is -2.06. The molecule has 0 spiro atoms. The van der Waals surface area contributed by atoms with Crippen molar-refractivity contribution < 1.29 is 5.11 Å². The van der Waals surface area contributed by atoms with Gasteiger partial charge >= 0.3 is 0 Å². The lowest BCUT2D eigenvalue weighted by Crippen LogP contribution is -2.14. The summed E-state index contributed by atoms with van der Waals surface area (Å²) in [6, 6.07) is 15.8. The standard InChI is InChI=1S/C17H17N3O/c21-12-14-7-5-13(6-8-14)9-18-10-15-11-19-16-3-1-2-4-17(16)20-15/h1-8,11,18,21H,9-10,12H2. The van der Waals surface area contributed by atoms with Gasteiger partial charge in [-0.05, 0) is 23.3 Å². The minimum absolute atomic E-state index is 0.0837. The average Bonchev–Trinajstić information content (AvgIpc) is 2.55. The number of fused-ring (bicyclic) bond motifs is 1. The maximum absolute atomic E-state index is 9.01. The second-order valence-corrected chi connectivity index (χ2v) is 4.93. The van der Waals surface area contributed by atoms with Gasteiger partial charge in [0.1, 0.15) is 0 Å². The number of benzene rings is 2. The van der Waals surface area contributed by atoms with E-state index in [1.807, 2.05) is 54.7 Å². The second kappa shape index (κ2) is 6.43. The molecule has 0 radical (unpaired) electrons. The summed E-state index contributed by atoms with van der Waals surface area (Å²) in [5, 5.41) is 12.4. The lowest BCUT2D eigenvalue weighted by atomic mass is 10.1. The van der Waals surface area contributed by atoms with Crippen LogP contribution >= 0.6 is 0 Å². The highest BCUT2D eigenvalue weighted by molar-refractivity contribution is 5.73. The molecule has 21 heavy (non-hydrogen) atoms. The summed E-state index contributed by atoms with van der Waals surface area (Å²) >= 11 is 0. The summed E-state index contributed by atoms with van der Waals surface area (Å²) in [6.07, 6.45) is 1.81. The third-order valence-corrected chi connectivity index (χ3v) is 3.34. The van der Waals surface area contributed by atoms with E-state index in [2.05, 4.69) is 15.3 Å². The Labute approximate surface area is 123 Å². The summed E-state index contributed by atoms with van der Waals surface area (Å²) in [7, 11) is 0. The summed E-state index contributed by atoms with van der Waals surface area (Å²) in [4.78, 5) is 8.97. The van der Waals surface area contributed by atoms with Crippen LogP contribution in [0.2, 0.25) is 0 Å². The van der Waals surface area contributed by atoms with Gasteiger partial charge in [0.2, 0.25) is 0 Å². The van der Waals surface area contributed by atoms with Gasteiger partial charge in [0.05, 0.1) is 29.5 Å². The molecule has 2 N–H and O–H groups in total. The number of rotatable bonds is 5. The van der Waals surface area contributed by atoms with Crippen LogP contribution in [0.3, 0.4) is 0 Å². The predicted molar refractivity (Wildman–Crippen MR) is 82.4 cm³/mol. The normalized spacial score (nSPS) is 10.9. The zero-order valence-electron chi connectivity index (χ0n) is 11.7. The molecule has 3 aromatic rings. The molecule has 1 aromatic heterocycles. The van der Waals surface area contributed by atoms with Crippen LogP contribution in [-0.4, -0.2) is 15.1 Å². The number of aliphatic hydroxyl groups excluding tert-OH is 1. The zero-order chi connectivity index (χ0) is 14.5. The molecule has 0 amide bonds. The van der Waals surface area contributed by atoms with E-state index < -0.39 is 0 Å². The van der Waals surface area contributed by atoms with Crippen LogP contribution in [0.1, 0.15) is 16.8 Å². The zero-order valence-corrected chi connectivity index (χ0v) is 11.7. The Hall–Kier alpha value is -2.30. The van der Waals surface area contributed by atoms with Crippen LogP contribution in [0.25, 0.3) is 11.0 Å². The maximum Gasteiger partial charge on any atom is 0.0890 e. The van der Waals surface area contributed by atoms with Crippen LogP contribution in [0.4, 0.5) is 0 Å². The fraction of sp³-hybridized carbons (Fsp3) is 0.176. The fourth-order valence-electron chi connectivity index (χ4n) is 2.18. The monoisotopic (exact) mass is 279 g/mol. The molecule has 0 aliphatic carbocycles. The predicted octanol–water partition coefficient (Wildman–Crippen LogP) is 2.41. The lowest BCUT2D eigenvalue weighted by molar-refractivity contribution is 0.282. The van der Waals surface area contributed by atoms with Gasteiger partial charge in [0.25, 0.3) is 0 Å². The van der Waals surface area contributed by atoms with Crippen molar-refractivity contribution in [1.29, 1.82) is 0 Å². The second-order valence-electron chi connectivity index (χ2n) is 4.93. The first kappa shape index (κ1) is 13.7. The van der Waals surface area contributed by atoms with E-state index in [0.717, 1.165) is 28.8 Å². The van der Waals surface area contributed by atoms with Crippen molar-refractivity contribution in [3.8, 4) is 0 Å². The number of aromatic nitrogens is 2. The van der Waals surface area contributed by atoms with Gasteiger partial charge in [0, 0.05) is 13.1 Å². The van der Waals surface area contributed by atoms with E-state index in [9.17, 15) is 0 Å². The number of hydrogen-bond donors (Lipinski definition) is 2. The molecule has 0 aliphatic rings. The molecule has 2 aromatic carbocycles. The molecule has 0 unspecified atom stereocenters. The first-order chi connectivity index (χ1) is 10.3. The van der Waals surface area contributed by atoms with Gasteiger partial charge in [0.15, 0.2) is 0 Å². The van der Waals surface area contributed by atoms with E-state index in [1.165, 1.54) is 5.56 Å². The average molecular weight is 279 g/mol. The van der Waals surface area contributed by atoms with Crippen molar-refractivity contribution in [1.82, 2.24) is 15.3 Å². The van der Waals surface area contributed by atoms with Crippen molar-refractivity contribution >= 4 is 11.0 Å². The van der Waals surface area contributed by atoms with Crippen molar-refractivity contribution in [2.75, 3.05) is 0 Å². The first-order valence-electron chi connectivity index (χ1n) is 6.95. The molecule has 1 heterocycles. The Morgan fingerprint density at radius 1 is 0.857 bits per heavy atom. The molecule has 0 aliphatic heterocycles. The van der Waals surface area contributed by atoms with Gasteiger partial charge in [-0.1, -0.05) is 36.4 Å². The minimum atomic E-state index is 0.0837. The number of para-hydroxylation sites is 2. The molecular formula is C17H17N3O. The number of aliphatic hydroxyl groups is 1. The van der Waals surface area contributed by atoms with Crippen LogP contribution < -0.4 is 5.32 Å². The Kier molecular flexibility index (Phi) is 4.19. The van der Waals surface area contributed by atoms with Gasteiger partial charge in [-0.2, -0.15) is 0 Å². The first-order valence-corrected chi connectivity index (χ1v) is 6.95. The SMILES string of the molecule is OCc1ccc(CNCc2cnc3ccccc3n2)cc1. The van der Waals surface area contributed by atoms with Gasteiger partial charge in [-0.15, -0.1) is 0 Å². The van der Waals surface area contributed by atoms with Crippen LogP contribution in [-0.2, 0) is 19.7 Å². The Bertz CT molecular complexity index is 725. The molecular weight excluding hydrogens is 262 g/mol. The molecule has 0 bridgehead atoms. The molecule has 0 saturated heterocycles. The number of hydrogen-bond acceptors (Lipinski definition) is 4. The van der Waals surface area contributed by atoms with Crippen molar-refractivity contribution in [3.05, 3.63) is 71.5 Å². The molecule has 0 fully saturated rings. The highest BCUT2D eigenvalue weighted by Gasteiger charge is 1.99. The van der Waals surface area contributed by atoms with Gasteiger partial charge in [-0.25, -0.2) is 4.98 Å². The highest BCUT2D eigenvalue weighted by atomic mass is 16.3. The van der Waals surface area contributed by atoms with E-state index in [0.29, 0.717) is 6.54 Å². The van der Waals surface area contributed by atoms with Gasteiger partial charge < -0.3 is 10.4 Å². The van der Waals surface area contributed by atoms with Crippen LogP contribution in [0.15, 0.2) is 54.7 Å². The van der Waals surface area contributed by atoms with E-state index in [4.69, 9.17) is 5.11 Å². The van der Waals surface area contributed by atoms with Crippen molar-refractivity contribution in [2.24, 2.45) is 0 Å². The van der Waals surface area contributed by atoms with E-state index in [1.54, 1.807) is 0 Å². The Balaban J connectivity index is 1.60. The minimum Gasteiger partial charge on any atom is -0.392 e. The summed E-state index contributed by atoms with van der Waals surface area (Å²) in [5.74, 6) is 0. The van der Waals surface area contributed by atoms with E-state index in [-0.39, 0.29) is 6.61 Å². The number of nitrogens with one attached hydrogen (secondary N) is 1. The maximum atomic E-state index is 9.01. The van der Waals surface area contributed by atoms with E-state index >= 15 is 0 Å². The summed E-state index contributed by atoms with van der Waals surface area (Å²) < 4.78 is 0. The molecule has 4 nitrogen and oxygen atoms in total. The van der Waals surface area contributed by atoms with Crippen molar-refractivity contribution in [3.63, 3.8) is 0 Å². The third kappa shape index (κ3) is 3.42. The summed E-state index contributed by atoms with van der Waals surface area (Å²) in [6.45, 7) is 1.53. The Morgan fingerprint density at radius 3 is 2.33 bits per heavy atom. The van der Waals surface area contributed by atoms with Crippen molar-refractivity contribution in [2.45, 2.75) is 19.7 Å². The summed E-state index contributed by atoms with van der Waals surface area (Å²) in [5.41, 5.74) is 4.88. The molecule has 0 atom stereocenters. The Morgan fingerprint density at radius 2 is 1.57 bits per heavy atom. The van der Waals surface area contributed by atoms with Crippen LogP contribution in [0, 0.1) is 0 Å². The molecule has 106 valence electrons. The molecule has 0 saturated carbocycles. The largest absolute Gasteiger partial charge is 0.392 e. The third-order valence-electron chi connectivity index (χ3n) is 3.34. The fourth-order valence-corrected chi connectivity index (χ4v) is 2.18. The highest BCUT2D eigenvalue weighted by Crippen LogP contribution is 2.09. The molecule has 3 rings (SSSR count). The van der Waals surface area contributed by atoms with Crippen LogP contribution in [0.5, 0.6) is 0 Å². The quantitative estimate of drug-likeness (QED) is 0.753. The van der Waals surface area contributed by atoms with Gasteiger partial charge in [-0.3, -0.25) is 4.98 Å². The number of nitrogens with zero attached hydrogens (tertiary/aromatic N) is 2. The topological polar surface area (TPSA) is 58.0 Å². The molecule has 4 heteroatoms.